The third-order valence-electron chi connectivity index (χ3n) is 4.68. The highest BCUT2D eigenvalue weighted by Gasteiger charge is 2.33. The smallest absolute Gasteiger partial charge is 0.228 e. The molecule has 1 N–H and O–H groups in total. The van der Waals surface area contributed by atoms with E-state index in [9.17, 15) is 4.79 Å². The summed E-state index contributed by atoms with van der Waals surface area (Å²) in [6, 6.07) is 8.51. The van der Waals surface area contributed by atoms with Crippen LogP contribution in [0, 0.1) is 11.8 Å². The molecule has 3 nitrogen and oxygen atoms in total. The lowest BCUT2D eigenvalue weighted by atomic mass is 9.86. The molecule has 1 aromatic rings. The molecule has 0 bridgehead atoms. The van der Waals surface area contributed by atoms with Gasteiger partial charge in [0.05, 0.1) is 5.92 Å². The van der Waals surface area contributed by atoms with Gasteiger partial charge in [-0.05, 0) is 37.8 Å². The Hall–Kier alpha value is -1.51. The van der Waals surface area contributed by atoms with Gasteiger partial charge in [0.25, 0.3) is 0 Å². The third-order valence-corrected chi connectivity index (χ3v) is 4.68. The van der Waals surface area contributed by atoms with Crippen molar-refractivity contribution in [1.29, 1.82) is 0 Å². The number of amides is 1. The summed E-state index contributed by atoms with van der Waals surface area (Å²) >= 11 is 0. The number of hydrogen-bond donors (Lipinski definition) is 1. The second-order valence-electron chi connectivity index (χ2n) is 6.29. The Balaban J connectivity index is 2.11. The number of rotatable bonds is 5. The fourth-order valence-corrected chi connectivity index (χ4v) is 3.01. The number of carbonyl (C=O) groups is 1. The molecule has 21 heavy (non-hydrogen) atoms. The lowest BCUT2D eigenvalue weighted by molar-refractivity contribution is -0.136. The van der Waals surface area contributed by atoms with Crippen molar-refractivity contribution >= 4 is 11.6 Å². The van der Waals surface area contributed by atoms with Gasteiger partial charge in [-0.15, -0.1) is 0 Å². The van der Waals surface area contributed by atoms with Crippen LogP contribution in [0.15, 0.2) is 24.3 Å². The number of para-hydroxylation sites is 1. The Morgan fingerprint density at radius 3 is 2.76 bits per heavy atom. The number of benzene rings is 1. The number of hydrogen-bond acceptors (Lipinski definition) is 2. The average molecular weight is 288 g/mol. The van der Waals surface area contributed by atoms with Crippen LogP contribution in [0.25, 0.3) is 0 Å². The summed E-state index contributed by atoms with van der Waals surface area (Å²) in [7, 11) is 0. The second-order valence-corrected chi connectivity index (χ2v) is 6.29. The minimum absolute atomic E-state index is 0.0453. The Kier molecular flexibility index (Phi) is 5.27. The average Bonchev–Trinajstić information content (AvgIpc) is 2.50. The monoisotopic (exact) mass is 288 g/mol. The van der Waals surface area contributed by atoms with E-state index in [2.05, 4.69) is 51.2 Å². The van der Waals surface area contributed by atoms with Crippen LogP contribution >= 0.6 is 0 Å². The highest BCUT2D eigenvalue weighted by molar-refractivity contribution is 5.81. The summed E-state index contributed by atoms with van der Waals surface area (Å²) in [6.45, 7) is 10.3. The van der Waals surface area contributed by atoms with Crippen LogP contribution in [0.5, 0.6) is 0 Å². The van der Waals surface area contributed by atoms with Gasteiger partial charge in [-0.1, -0.05) is 38.5 Å². The first-order chi connectivity index (χ1) is 10.1. The van der Waals surface area contributed by atoms with Crippen molar-refractivity contribution in [3.63, 3.8) is 0 Å². The maximum Gasteiger partial charge on any atom is 0.228 e. The molecule has 0 aliphatic carbocycles. The number of anilines is 1. The van der Waals surface area contributed by atoms with Crippen molar-refractivity contribution in [2.75, 3.05) is 18.4 Å². The molecular weight excluding hydrogens is 260 g/mol. The van der Waals surface area contributed by atoms with Crippen molar-refractivity contribution in [3.05, 3.63) is 29.8 Å². The van der Waals surface area contributed by atoms with Gasteiger partial charge in [0, 0.05) is 24.8 Å². The highest BCUT2D eigenvalue weighted by Crippen LogP contribution is 2.29. The zero-order chi connectivity index (χ0) is 15.4. The molecule has 1 aliphatic rings. The van der Waals surface area contributed by atoms with Gasteiger partial charge >= 0.3 is 0 Å². The fourth-order valence-electron chi connectivity index (χ4n) is 3.01. The summed E-state index contributed by atoms with van der Waals surface area (Å²) in [6.07, 6.45) is 1.96. The first kappa shape index (κ1) is 15.9. The summed E-state index contributed by atoms with van der Waals surface area (Å²) < 4.78 is 0. The van der Waals surface area contributed by atoms with Gasteiger partial charge in [0.1, 0.15) is 0 Å². The Morgan fingerprint density at radius 2 is 2.10 bits per heavy atom. The van der Waals surface area contributed by atoms with Crippen LogP contribution in [-0.2, 0) is 11.2 Å². The van der Waals surface area contributed by atoms with E-state index in [0.29, 0.717) is 11.8 Å². The lowest BCUT2D eigenvalue weighted by Gasteiger charge is -2.35. The number of nitrogens with one attached hydrogen (secondary N) is 1. The Morgan fingerprint density at radius 1 is 1.38 bits per heavy atom. The van der Waals surface area contributed by atoms with Crippen molar-refractivity contribution in [3.8, 4) is 0 Å². The van der Waals surface area contributed by atoms with E-state index in [1.54, 1.807) is 0 Å². The van der Waals surface area contributed by atoms with Gasteiger partial charge < -0.3 is 10.2 Å². The predicted octanol–water partition coefficient (Wildman–Crippen LogP) is 3.55. The maximum absolute atomic E-state index is 12.9. The molecule has 0 fully saturated rings. The number of nitrogens with zero attached hydrogens (tertiary/aromatic N) is 1. The second kappa shape index (κ2) is 6.97. The number of carbonyl (C=O) groups excluding carboxylic acids is 1. The van der Waals surface area contributed by atoms with Gasteiger partial charge in [0.2, 0.25) is 5.91 Å². The van der Waals surface area contributed by atoms with Crippen molar-refractivity contribution < 1.29 is 4.79 Å². The van der Waals surface area contributed by atoms with Gasteiger partial charge in [0.15, 0.2) is 0 Å². The van der Waals surface area contributed by atoms with E-state index in [1.807, 2.05) is 11.0 Å². The third kappa shape index (κ3) is 3.58. The molecule has 0 aromatic heterocycles. The molecule has 1 aliphatic heterocycles. The van der Waals surface area contributed by atoms with Crippen LogP contribution in [0.3, 0.4) is 0 Å². The zero-order valence-electron chi connectivity index (χ0n) is 13.7. The molecule has 1 heterocycles. The van der Waals surface area contributed by atoms with Crippen molar-refractivity contribution in [2.45, 2.75) is 46.6 Å². The van der Waals surface area contributed by atoms with Crippen molar-refractivity contribution in [2.24, 2.45) is 11.8 Å². The minimum Gasteiger partial charge on any atom is -0.382 e. The van der Waals surface area contributed by atoms with Crippen LogP contribution in [0.4, 0.5) is 5.69 Å². The van der Waals surface area contributed by atoms with Crippen LogP contribution < -0.4 is 5.32 Å². The standard InChI is InChI=1S/C18H28N2O/c1-5-13(3)12-20(6-2)18(21)16-11-15-9-7-8-10-17(15)19-14(16)4/h7-10,13-14,16,19H,5-6,11-12H2,1-4H3. The predicted molar refractivity (Wildman–Crippen MR) is 88.4 cm³/mol. The summed E-state index contributed by atoms with van der Waals surface area (Å²) in [5.41, 5.74) is 2.44. The Bertz CT molecular complexity index is 486. The van der Waals surface area contributed by atoms with E-state index in [0.717, 1.165) is 25.9 Å². The molecule has 3 atom stereocenters. The molecule has 1 aromatic carbocycles. The van der Waals surface area contributed by atoms with Crippen LogP contribution in [0.2, 0.25) is 0 Å². The molecule has 3 unspecified atom stereocenters. The minimum atomic E-state index is 0.0453. The first-order valence-corrected chi connectivity index (χ1v) is 8.20. The van der Waals surface area contributed by atoms with E-state index >= 15 is 0 Å². The van der Waals surface area contributed by atoms with Gasteiger partial charge in [-0.3, -0.25) is 4.79 Å². The first-order valence-electron chi connectivity index (χ1n) is 8.20. The van der Waals surface area contributed by atoms with E-state index in [4.69, 9.17) is 0 Å². The quantitative estimate of drug-likeness (QED) is 0.898. The van der Waals surface area contributed by atoms with Crippen LogP contribution in [0.1, 0.15) is 39.7 Å². The summed E-state index contributed by atoms with van der Waals surface area (Å²) in [4.78, 5) is 14.9. The SMILES string of the molecule is CCC(C)CN(CC)C(=O)C1Cc2ccccc2NC1C. The largest absolute Gasteiger partial charge is 0.382 e. The molecule has 3 heteroatoms. The number of fused-ring (bicyclic) bond motifs is 1. The maximum atomic E-state index is 12.9. The van der Waals surface area contributed by atoms with Gasteiger partial charge in [-0.25, -0.2) is 0 Å². The lowest BCUT2D eigenvalue weighted by Crippen LogP contribution is -2.46. The fraction of sp³-hybridized carbons (Fsp3) is 0.611. The van der Waals surface area contributed by atoms with E-state index in [1.165, 1.54) is 11.3 Å². The molecule has 0 spiro atoms. The highest BCUT2D eigenvalue weighted by atomic mass is 16.2. The van der Waals surface area contributed by atoms with Crippen molar-refractivity contribution in [1.82, 2.24) is 4.90 Å². The van der Waals surface area contributed by atoms with E-state index < -0.39 is 0 Å². The molecule has 0 saturated heterocycles. The summed E-state index contributed by atoms with van der Waals surface area (Å²) in [5, 5.41) is 3.49. The zero-order valence-corrected chi connectivity index (χ0v) is 13.7. The molecule has 0 radical (unpaired) electrons. The topological polar surface area (TPSA) is 32.3 Å². The summed E-state index contributed by atoms with van der Waals surface area (Å²) in [5.74, 6) is 0.907. The molecule has 116 valence electrons. The Labute approximate surface area is 128 Å². The molecule has 0 saturated carbocycles. The van der Waals surface area contributed by atoms with Crippen LogP contribution in [-0.4, -0.2) is 29.9 Å². The van der Waals surface area contributed by atoms with E-state index in [-0.39, 0.29) is 12.0 Å². The normalized spacial score (nSPS) is 22.1. The molecular formula is C18H28N2O. The van der Waals surface area contributed by atoms with Gasteiger partial charge in [-0.2, -0.15) is 0 Å². The molecule has 1 amide bonds. The molecule has 2 rings (SSSR count).